The van der Waals surface area contributed by atoms with Crippen LogP contribution in [0, 0.1) is 6.92 Å². The molecule has 2 aromatic rings. The molecule has 0 atom stereocenters. The maximum absolute atomic E-state index is 5.58. The van der Waals surface area contributed by atoms with Crippen LogP contribution < -0.4 is 0 Å². The van der Waals surface area contributed by atoms with Crippen LogP contribution in [0.4, 0.5) is 0 Å². The molecule has 0 fully saturated rings. The molecule has 2 rings (SSSR count). The van der Waals surface area contributed by atoms with Gasteiger partial charge in [0.1, 0.15) is 0 Å². The van der Waals surface area contributed by atoms with Crippen molar-refractivity contribution in [3.8, 4) is 0 Å². The van der Waals surface area contributed by atoms with Crippen molar-refractivity contribution >= 4 is 10.9 Å². The molecular formula is C16H23NO2. The van der Waals surface area contributed by atoms with Gasteiger partial charge in [-0.1, -0.05) is 12.1 Å². The van der Waals surface area contributed by atoms with Gasteiger partial charge in [-0.2, -0.15) is 0 Å². The lowest BCUT2D eigenvalue weighted by molar-refractivity contribution is -0.140. The highest BCUT2D eigenvalue weighted by Crippen LogP contribution is 2.18. The average Bonchev–Trinajstić information content (AvgIpc) is 2.79. The monoisotopic (exact) mass is 261 g/mol. The summed E-state index contributed by atoms with van der Waals surface area (Å²) in [7, 11) is 0. The highest BCUT2D eigenvalue weighted by Gasteiger charge is 2.09. The topological polar surface area (TPSA) is 23.4 Å². The maximum atomic E-state index is 5.58. The van der Waals surface area contributed by atoms with E-state index in [0.29, 0.717) is 13.2 Å². The second kappa shape index (κ2) is 6.73. The van der Waals surface area contributed by atoms with Crippen molar-refractivity contribution in [2.45, 2.75) is 40.0 Å². The smallest absolute Gasteiger partial charge is 0.159 e. The number of nitrogens with zero attached hydrogens (tertiary/aromatic N) is 1. The van der Waals surface area contributed by atoms with Gasteiger partial charge in [-0.3, -0.25) is 0 Å². The number of rotatable bonds is 7. The van der Waals surface area contributed by atoms with Gasteiger partial charge in [-0.15, -0.1) is 0 Å². The minimum absolute atomic E-state index is 0.0998. The first kappa shape index (κ1) is 14.1. The van der Waals surface area contributed by atoms with E-state index in [1.807, 2.05) is 13.8 Å². The summed E-state index contributed by atoms with van der Waals surface area (Å²) in [5, 5.41) is 1.29. The molecule has 104 valence electrons. The molecular weight excluding hydrogens is 238 g/mol. The molecule has 19 heavy (non-hydrogen) atoms. The Morgan fingerprint density at radius 2 is 1.84 bits per heavy atom. The molecule has 0 aliphatic heterocycles. The Morgan fingerprint density at radius 1 is 1.11 bits per heavy atom. The SMILES string of the molecule is CCOC(CCn1ccc2ccc(C)cc21)OCC. The highest BCUT2D eigenvalue weighted by molar-refractivity contribution is 5.80. The number of ether oxygens (including phenoxy) is 2. The van der Waals surface area contributed by atoms with E-state index < -0.39 is 0 Å². The third-order valence-electron chi connectivity index (χ3n) is 3.24. The summed E-state index contributed by atoms with van der Waals surface area (Å²) < 4.78 is 13.4. The van der Waals surface area contributed by atoms with Crippen LogP contribution in [-0.4, -0.2) is 24.1 Å². The molecule has 3 nitrogen and oxygen atoms in total. The Bertz CT molecular complexity index is 512. The number of hydrogen-bond donors (Lipinski definition) is 0. The van der Waals surface area contributed by atoms with Crippen LogP contribution in [0.25, 0.3) is 10.9 Å². The summed E-state index contributed by atoms with van der Waals surface area (Å²) in [6.45, 7) is 8.42. The molecule has 1 aromatic heterocycles. The Kier molecular flexibility index (Phi) is 5.00. The van der Waals surface area contributed by atoms with Crippen LogP contribution in [0.3, 0.4) is 0 Å². The first-order valence-electron chi connectivity index (χ1n) is 7.03. The summed E-state index contributed by atoms with van der Waals surface area (Å²) in [6.07, 6.45) is 2.91. The molecule has 1 aromatic carbocycles. The van der Waals surface area contributed by atoms with Gasteiger partial charge in [-0.05, 0) is 43.9 Å². The maximum Gasteiger partial charge on any atom is 0.159 e. The van der Waals surface area contributed by atoms with Gasteiger partial charge < -0.3 is 14.0 Å². The van der Waals surface area contributed by atoms with Gasteiger partial charge in [0.25, 0.3) is 0 Å². The van der Waals surface area contributed by atoms with Crippen molar-refractivity contribution < 1.29 is 9.47 Å². The van der Waals surface area contributed by atoms with E-state index in [-0.39, 0.29) is 6.29 Å². The first-order chi connectivity index (χ1) is 9.24. The highest BCUT2D eigenvalue weighted by atomic mass is 16.7. The average molecular weight is 261 g/mol. The predicted molar refractivity (Wildman–Crippen MR) is 78.3 cm³/mol. The quantitative estimate of drug-likeness (QED) is 0.709. The van der Waals surface area contributed by atoms with E-state index in [1.54, 1.807) is 0 Å². The second-order valence-corrected chi connectivity index (χ2v) is 4.70. The number of aryl methyl sites for hydroxylation is 2. The Labute approximate surface area is 115 Å². The molecule has 0 aliphatic rings. The number of fused-ring (bicyclic) bond motifs is 1. The molecule has 0 spiro atoms. The molecule has 0 saturated heterocycles. The Hall–Kier alpha value is -1.32. The molecule has 0 saturated carbocycles. The third kappa shape index (κ3) is 3.58. The largest absolute Gasteiger partial charge is 0.353 e. The summed E-state index contributed by atoms with van der Waals surface area (Å²) >= 11 is 0. The Morgan fingerprint density at radius 3 is 2.53 bits per heavy atom. The third-order valence-corrected chi connectivity index (χ3v) is 3.24. The fraction of sp³-hybridized carbons (Fsp3) is 0.500. The summed E-state index contributed by atoms with van der Waals surface area (Å²) in [4.78, 5) is 0. The molecule has 0 aliphatic carbocycles. The van der Waals surface area contributed by atoms with E-state index in [0.717, 1.165) is 13.0 Å². The van der Waals surface area contributed by atoms with Crippen LogP contribution in [0.1, 0.15) is 25.8 Å². The molecule has 0 unspecified atom stereocenters. The van der Waals surface area contributed by atoms with Crippen molar-refractivity contribution in [1.82, 2.24) is 4.57 Å². The van der Waals surface area contributed by atoms with Gasteiger partial charge >= 0.3 is 0 Å². The predicted octanol–water partition coefficient (Wildman–Crippen LogP) is 3.74. The molecule has 3 heteroatoms. The number of hydrogen-bond acceptors (Lipinski definition) is 2. The number of aromatic nitrogens is 1. The molecule has 0 bridgehead atoms. The van der Waals surface area contributed by atoms with Gasteiger partial charge in [-0.25, -0.2) is 0 Å². The van der Waals surface area contributed by atoms with E-state index >= 15 is 0 Å². The van der Waals surface area contributed by atoms with Crippen LogP contribution in [0.15, 0.2) is 30.5 Å². The van der Waals surface area contributed by atoms with Crippen molar-refractivity contribution in [2.75, 3.05) is 13.2 Å². The summed E-state index contributed by atoms with van der Waals surface area (Å²) in [6, 6.07) is 8.70. The van der Waals surface area contributed by atoms with Crippen LogP contribution in [0.2, 0.25) is 0 Å². The van der Waals surface area contributed by atoms with Crippen molar-refractivity contribution in [3.63, 3.8) is 0 Å². The molecule has 0 N–H and O–H groups in total. The lowest BCUT2D eigenvalue weighted by Crippen LogP contribution is -2.19. The molecule has 0 amide bonds. The van der Waals surface area contributed by atoms with Gasteiger partial charge in [0.05, 0.1) is 0 Å². The zero-order valence-electron chi connectivity index (χ0n) is 12.1. The Balaban J connectivity index is 2.06. The number of benzene rings is 1. The zero-order valence-corrected chi connectivity index (χ0v) is 12.1. The second-order valence-electron chi connectivity index (χ2n) is 4.70. The van der Waals surface area contributed by atoms with Gasteiger partial charge in [0.2, 0.25) is 0 Å². The van der Waals surface area contributed by atoms with Crippen LogP contribution >= 0.6 is 0 Å². The first-order valence-corrected chi connectivity index (χ1v) is 7.03. The fourth-order valence-corrected chi connectivity index (χ4v) is 2.32. The van der Waals surface area contributed by atoms with Crippen LogP contribution in [0.5, 0.6) is 0 Å². The normalized spacial score (nSPS) is 11.6. The lowest BCUT2D eigenvalue weighted by atomic mass is 10.2. The molecule has 1 heterocycles. The van der Waals surface area contributed by atoms with Crippen LogP contribution in [-0.2, 0) is 16.0 Å². The zero-order chi connectivity index (χ0) is 13.7. The van der Waals surface area contributed by atoms with Crippen molar-refractivity contribution in [3.05, 3.63) is 36.0 Å². The van der Waals surface area contributed by atoms with E-state index in [4.69, 9.17) is 9.47 Å². The standard InChI is InChI=1S/C16H23NO2/c1-4-18-16(19-5-2)9-11-17-10-8-14-7-6-13(3)12-15(14)17/h6-8,10,12,16H,4-5,9,11H2,1-3H3. The van der Waals surface area contributed by atoms with Gasteiger partial charge in [0, 0.05) is 37.9 Å². The lowest BCUT2D eigenvalue weighted by Gasteiger charge is -2.17. The minimum Gasteiger partial charge on any atom is -0.353 e. The van der Waals surface area contributed by atoms with E-state index in [2.05, 4.69) is 42.0 Å². The van der Waals surface area contributed by atoms with Crippen molar-refractivity contribution in [2.24, 2.45) is 0 Å². The van der Waals surface area contributed by atoms with E-state index in [1.165, 1.54) is 16.5 Å². The van der Waals surface area contributed by atoms with E-state index in [9.17, 15) is 0 Å². The fourth-order valence-electron chi connectivity index (χ4n) is 2.32. The summed E-state index contributed by atoms with van der Waals surface area (Å²) in [5.41, 5.74) is 2.57. The minimum atomic E-state index is -0.0998. The van der Waals surface area contributed by atoms with Crippen molar-refractivity contribution in [1.29, 1.82) is 0 Å². The van der Waals surface area contributed by atoms with Gasteiger partial charge in [0.15, 0.2) is 6.29 Å². The summed E-state index contributed by atoms with van der Waals surface area (Å²) in [5.74, 6) is 0. The molecule has 0 radical (unpaired) electrons.